The van der Waals surface area contributed by atoms with E-state index in [0.29, 0.717) is 36.5 Å². The minimum absolute atomic E-state index is 0.0738. The van der Waals surface area contributed by atoms with Crippen LogP contribution in [0, 0.1) is 0 Å². The number of rotatable bonds is 6. The first-order valence-electron chi connectivity index (χ1n) is 12.5. The van der Waals surface area contributed by atoms with Crippen molar-refractivity contribution in [3.63, 3.8) is 0 Å². The minimum atomic E-state index is -4.56. The summed E-state index contributed by atoms with van der Waals surface area (Å²) in [5.41, 5.74) is -1.73. The predicted molar refractivity (Wildman–Crippen MR) is 139 cm³/mol. The van der Waals surface area contributed by atoms with Crippen LogP contribution in [0.15, 0.2) is 42.5 Å². The Bertz CT molecular complexity index is 1190. The highest BCUT2D eigenvalue weighted by Gasteiger charge is 2.41. The molecule has 38 heavy (non-hydrogen) atoms. The van der Waals surface area contributed by atoms with Gasteiger partial charge in [0.25, 0.3) is 11.8 Å². The van der Waals surface area contributed by atoms with Gasteiger partial charge in [-0.05, 0) is 55.7 Å². The number of hydrogen-bond acceptors (Lipinski definition) is 5. The van der Waals surface area contributed by atoms with Crippen molar-refractivity contribution in [2.24, 2.45) is 0 Å². The van der Waals surface area contributed by atoms with Crippen molar-refractivity contribution in [2.45, 2.75) is 43.6 Å². The number of nitrogens with zero attached hydrogens (tertiary/aromatic N) is 3. The summed E-state index contributed by atoms with van der Waals surface area (Å²) in [4.78, 5) is 30.6. The average molecular weight is 553 g/mol. The van der Waals surface area contributed by atoms with Gasteiger partial charge in [-0.15, -0.1) is 0 Å². The average Bonchev–Trinajstić information content (AvgIpc) is 2.85. The van der Waals surface area contributed by atoms with Gasteiger partial charge in [0, 0.05) is 52.0 Å². The van der Waals surface area contributed by atoms with Gasteiger partial charge < -0.3 is 20.2 Å². The molecule has 2 aliphatic heterocycles. The number of halogens is 4. The molecule has 0 unspecified atom stereocenters. The third-order valence-electron chi connectivity index (χ3n) is 7.32. The van der Waals surface area contributed by atoms with E-state index >= 15 is 0 Å². The Labute approximate surface area is 225 Å². The van der Waals surface area contributed by atoms with E-state index in [0.717, 1.165) is 30.9 Å². The third-order valence-corrected chi connectivity index (χ3v) is 7.64. The van der Waals surface area contributed by atoms with E-state index in [2.05, 4.69) is 10.2 Å². The van der Waals surface area contributed by atoms with Gasteiger partial charge in [0.15, 0.2) is 5.60 Å². The van der Waals surface area contributed by atoms with Crippen molar-refractivity contribution in [1.29, 1.82) is 0 Å². The van der Waals surface area contributed by atoms with Gasteiger partial charge in [-0.3, -0.25) is 14.5 Å². The van der Waals surface area contributed by atoms with Gasteiger partial charge in [-0.25, -0.2) is 0 Å². The number of nitrogens with one attached hydrogen (secondary N) is 1. The lowest BCUT2D eigenvalue weighted by molar-refractivity contribution is -0.153. The van der Waals surface area contributed by atoms with E-state index in [1.807, 2.05) is 6.07 Å². The summed E-state index contributed by atoms with van der Waals surface area (Å²) < 4.78 is 39.3. The molecule has 2 saturated heterocycles. The predicted octanol–water partition coefficient (Wildman–Crippen LogP) is 4.06. The zero-order valence-electron chi connectivity index (χ0n) is 21.6. The van der Waals surface area contributed by atoms with Crippen LogP contribution in [0.1, 0.15) is 41.3 Å². The second kappa shape index (κ2) is 10.7. The first-order chi connectivity index (χ1) is 17.8. The molecule has 0 bridgehead atoms. The second-order valence-corrected chi connectivity index (χ2v) is 10.8. The number of aliphatic hydroxyl groups is 1. The summed E-state index contributed by atoms with van der Waals surface area (Å²) in [5, 5.41) is 14.7. The van der Waals surface area contributed by atoms with Crippen LogP contribution in [0.3, 0.4) is 0 Å². The van der Waals surface area contributed by atoms with Crippen molar-refractivity contribution in [3.8, 4) is 0 Å². The molecule has 2 amide bonds. The number of piperidine rings is 1. The third kappa shape index (κ3) is 5.92. The zero-order chi connectivity index (χ0) is 27.8. The van der Waals surface area contributed by atoms with Gasteiger partial charge in [0.05, 0.1) is 22.2 Å². The molecule has 11 heteroatoms. The van der Waals surface area contributed by atoms with Crippen molar-refractivity contribution in [2.75, 3.05) is 45.6 Å². The normalized spacial score (nSPS) is 19.0. The standard InChI is InChI=1S/C27H32ClF3N4O3/c1-26(38,17-5-4-6-18(13-17)27(29,30)31)25(37)34-11-9-21(10-12-34)35-15-20(16-35)32-19-7-8-22(23(28)14-19)24(36)33(2)3/h4-8,13-14,20-21,32,38H,9-12,15-16H2,1-3H3/t26-/m0/s1. The summed E-state index contributed by atoms with van der Waals surface area (Å²) in [7, 11) is 3.35. The van der Waals surface area contributed by atoms with E-state index in [1.54, 1.807) is 26.2 Å². The molecular formula is C27H32ClF3N4O3. The van der Waals surface area contributed by atoms with Crippen LogP contribution in [-0.2, 0) is 16.6 Å². The number of likely N-dealkylation sites (tertiary alicyclic amines) is 2. The Kier molecular flexibility index (Phi) is 7.97. The highest BCUT2D eigenvalue weighted by Crippen LogP contribution is 2.34. The summed E-state index contributed by atoms with van der Waals surface area (Å²) in [6, 6.07) is 10.1. The molecule has 2 heterocycles. The lowest BCUT2D eigenvalue weighted by atomic mass is 9.91. The maximum Gasteiger partial charge on any atom is 0.416 e. The highest BCUT2D eigenvalue weighted by molar-refractivity contribution is 6.34. The molecule has 2 aromatic rings. The van der Waals surface area contributed by atoms with Gasteiger partial charge in [0.1, 0.15) is 0 Å². The quantitative estimate of drug-likeness (QED) is 0.565. The van der Waals surface area contributed by atoms with Crippen molar-refractivity contribution >= 4 is 29.1 Å². The lowest BCUT2D eigenvalue weighted by Gasteiger charge is -2.48. The molecule has 4 rings (SSSR count). The van der Waals surface area contributed by atoms with Crippen LogP contribution in [0.4, 0.5) is 18.9 Å². The smallest absolute Gasteiger partial charge is 0.380 e. The minimum Gasteiger partial charge on any atom is -0.380 e. The topological polar surface area (TPSA) is 76.1 Å². The summed E-state index contributed by atoms with van der Waals surface area (Å²) >= 11 is 6.30. The number of hydrogen-bond donors (Lipinski definition) is 2. The number of anilines is 1. The molecule has 0 spiro atoms. The Hall–Kier alpha value is -2.82. The van der Waals surface area contributed by atoms with Crippen molar-refractivity contribution < 1.29 is 27.9 Å². The molecule has 0 aromatic heterocycles. The zero-order valence-corrected chi connectivity index (χ0v) is 22.3. The molecule has 206 valence electrons. The van der Waals surface area contributed by atoms with Gasteiger partial charge >= 0.3 is 6.18 Å². The number of alkyl halides is 3. The Morgan fingerprint density at radius 2 is 1.68 bits per heavy atom. The van der Waals surface area contributed by atoms with E-state index < -0.39 is 23.2 Å². The Balaban J connectivity index is 1.27. The first-order valence-corrected chi connectivity index (χ1v) is 12.9. The molecule has 0 aliphatic carbocycles. The van der Waals surface area contributed by atoms with Crippen molar-refractivity contribution in [3.05, 3.63) is 64.2 Å². The number of amides is 2. The number of carbonyl (C=O) groups is 2. The highest BCUT2D eigenvalue weighted by atomic mass is 35.5. The molecule has 2 aliphatic rings. The molecule has 2 fully saturated rings. The van der Waals surface area contributed by atoms with Crippen LogP contribution in [-0.4, -0.2) is 84.0 Å². The number of carbonyl (C=O) groups excluding carboxylic acids is 2. The maximum atomic E-state index is 13.1. The van der Waals surface area contributed by atoms with Gasteiger partial charge in [-0.2, -0.15) is 13.2 Å². The van der Waals surface area contributed by atoms with Crippen molar-refractivity contribution in [1.82, 2.24) is 14.7 Å². The fraction of sp³-hybridized carbons (Fsp3) is 0.481. The largest absolute Gasteiger partial charge is 0.416 e. The monoisotopic (exact) mass is 552 g/mol. The van der Waals surface area contributed by atoms with E-state index in [4.69, 9.17) is 11.6 Å². The van der Waals surface area contributed by atoms with Crippen LogP contribution in [0.5, 0.6) is 0 Å². The fourth-order valence-corrected chi connectivity index (χ4v) is 5.28. The summed E-state index contributed by atoms with van der Waals surface area (Å²) in [5.74, 6) is -0.746. The first kappa shape index (κ1) is 28.2. The van der Waals surface area contributed by atoms with E-state index in [9.17, 15) is 27.9 Å². The molecule has 2 aromatic carbocycles. The summed E-state index contributed by atoms with van der Waals surface area (Å²) in [6.45, 7) is 3.72. The maximum absolute atomic E-state index is 13.1. The van der Waals surface area contributed by atoms with Crippen LogP contribution in [0.25, 0.3) is 0 Å². The Morgan fingerprint density at radius 1 is 1.05 bits per heavy atom. The second-order valence-electron chi connectivity index (χ2n) is 10.4. The van der Waals surface area contributed by atoms with E-state index in [1.165, 1.54) is 28.9 Å². The molecule has 2 N–H and O–H groups in total. The molecular weight excluding hydrogens is 521 g/mol. The van der Waals surface area contributed by atoms with E-state index in [-0.39, 0.29) is 23.6 Å². The fourth-order valence-electron chi connectivity index (χ4n) is 5.02. The molecule has 1 atom stereocenters. The molecule has 0 saturated carbocycles. The summed E-state index contributed by atoms with van der Waals surface area (Å²) in [6.07, 6.45) is -3.13. The Morgan fingerprint density at radius 3 is 2.26 bits per heavy atom. The van der Waals surface area contributed by atoms with Gasteiger partial charge in [-0.1, -0.05) is 23.7 Å². The molecule has 7 nitrogen and oxygen atoms in total. The number of benzene rings is 2. The SMILES string of the molecule is CN(C)C(=O)c1ccc(NC2CN(C3CCN(C(=O)[C@@](C)(O)c4cccc(C(F)(F)F)c4)CC3)C2)cc1Cl. The molecule has 0 radical (unpaired) electrons. The van der Waals surface area contributed by atoms with Crippen LogP contribution in [0.2, 0.25) is 5.02 Å². The van der Waals surface area contributed by atoms with Gasteiger partial charge in [0.2, 0.25) is 0 Å². The van der Waals surface area contributed by atoms with Crippen LogP contribution < -0.4 is 5.32 Å². The van der Waals surface area contributed by atoms with Crippen LogP contribution >= 0.6 is 11.6 Å². The lowest BCUT2D eigenvalue weighted by Crippen LogP contribution is -2.61.